The van der Waals surface area contributed by atoms with Gasteiger partial charge in [-0.05, 0) is 32.0 Å². The van der Waals surface area contributed by atoms with Gasteiger partial charge >= 0.3 is 0 Å². The SMILES string of the molecule is CC(C)n1nc(-c2c(-c3cc(O)cc(F)c3)nn3ccncc23)ccc1=O. The van der Waals surface area contributed by atoms with Gasteiger partial charge in [0, 0.05) is 30.1 Å². The average Bonchev–Trinajstić information content (AvgIpc) is 3.01. The molecular formula is C19H16FN5O2. The van der Waals surface area contributed by atoms with Crippen LogP contribution in [0.5, 0.6) is 5.75 Å². The molecule has 0 saturated heterocycles. The Balaban J connectivity index is 2.05. The highest BCUT2D eigenvalue weighted by Crippen LogP contribution is 2.35. The summed E-state index contributed by atoms with van der Waals surface area (Å²) in [5.74, 6) is -0.780. The van der Waals surface area contributed by atoms with Crippen LogP contribution >= 0.6 is 0 Å². The van der Waals surface area contributed by atoms with Crippen LogP contribution in [0.4, 0.5) is 4.39 Å². The smallest absolute Gasteiger partial charge is 0.267 e. The summed E-state index contributed by atoms with van der Waals surface area (Å²) in [6, 6.07) is 6.66. The van der Waals surface area contributed by atoms with Gasteiger partial charge in [-0.25, -0.2) is 13.6 Å². The van der Waals surface area contributed by atoms with Gasteiger partial charge in [0.2, 0.25) is 0 Å². The fraction of sp³-hybridized carbons (Fsp3) is 0.158. The Hall–Kier alpha value is -3.55. The summed E-state index contributed by atoms with van der Waals surface area (Å²) < 4.78 is 16.8. The standard InChI is InChI=1S/C19H16FN5O2/c1-11(2)25-17(27)4-3-15(22-25)18-16-10-21-5-6-24(16)23-19(18)12-7-13(20)9-14(26)8-12/h3-11,26H,1-2H3. The van der Waals surface area contributed by atoms with E-state index in [-0.39, 0.29) is 17.4 Å². The van der Waals surface area contributed by atoms with Gasteiger partial charge in [-0.3, -0.25) is 9.78 Å². The minimum absolute atomic E-state index is 0.126. The summed E-state index contributed by atoms with van der Waals surface area (Å²) in [5.41, 5.74) is 2.37. The Morgan fingerprint density at radius 2 is 1.96 bits per heavy atom. The van der Waals surface area contributed by atoms with Gasteiger partial charge in [0.05, 0.1) is 29.0 Å². The lowest BCUT2D eigenvalue weighted by molar-refractivity contribution is 0.469. The number of benzene rings is 1. The number of aromatic nitrogens is 5. The van der Waals surface area contributed by atoms with Crippen LogP contribution in [-0.4, -0.2) is 29.5 Å². The number of rotatable bonds is 3. The minimum atomic E-state index is -0.578. The maximum atomic E-state index is 13.9. The largest absolute Gasteiger partial charge is 0.508 e. The van der Waals surface area contributed by atoms with Gasteiger partial charge in [-0.15, -0.1) is 0 Å². The van der Waals surface area contributed by atoms with E-state index in [2.05, 4.69) is 15.2 Å². The van der Waals surface area contributed by atoms with Crippen molar-refractivity contribution in [3.05, 3.63) is 65.1 Å². The number of hydrogen-bond donors (Lipinski definition) is 1. The van der Waals surface area contributed by atoms with Crippen molar-refractivity contribution in [2.75, 3.05) is 0 Å². The normalized spacial score (nSPS) is 11.4. The van der Waals surface area contributed by atoms with Crippen molar-refractivity contribution in [3.63, 3.8) is 0 Å². The monoisotopic (exact) mass is 365 g/mol. The van der Waals surface area contributed by atoms with Crippen LogP contribution in [0.2, 0.25) is 0 Å². The van der Waals surface area contributed by atoms with Crippen LogP contribution < -0.4 is 5.56 Å². The Bertz CT molecular complexity index is 1190. The molecule has 0 fully saturated rings. The summed E-state index contributed by atoms with van der Waals surface area (Å²) in [7, 11) is 0. The summed E-state index contributed by atoms with van der Waals surface area (Å²) >= 11 is 0. The first-order valence-electron chi connectivity index (χ1n) is 8.36. The van der Waals surface area contributed by atoms with Crippen molar-refractivity contribution in [1.29, 1.82) is 0 Å². The molecule has 27 heavy (non-hydrogen) atoms. The Kier molecular flexibility index (Phi) is 3.95. The predicted molar refractivity (Wildman–Crippen MR) is 97.9 cm³/mol. The van der Waals surface area contributed by atoms with Gasteiger partial charge in [0.25, 0.3) is 5.56 Å². The van der Waals surface area contributed by atoms with Gasteiger partial charge in [0.15, 0.2) is 0 Å². The van der Waals surface area contributed by atoms with Gasteiger partial charge in [-0.2, -0.15) is 10.2 Å². The maximum absolute atomic E-state index is 13.9. The van der Waals surface area contributed by atoms with E-state index in [1.54, 1.807) is 29.2 Å². The third-order valence-electron chi connectivity index (χ3n) is 4.16. The number of phenols is 1. The number of fused-ring (bicyclic) bond motifs is 1. The van der Waals surface area contributed by atoms with Crippen molar-refractivity contribution in [2.45, 2.75) is 19.9 Å². The molecule has 3 aromatic heterocycles. The highest BCUT2D eigenvalue weighted by atomic mass is 19.1. The van der Waals surface area contributed by atoms with E-state index in [1.807, 2.05) is 13.8 Å². The summed E-state index contributed by atoms with van der Waals surface area (Å²) in [4.78, 5) is 16.2. The molecule has 0 saturated carbocycles. The first-order valence-corrected chi connectivity index (χ1v) is 8.36. The molecule has 1 aromatic carbocycles. The van der Waals surface area contributed by atoms with Crippen LogP contribution in [0.25, 0.3) is 28.0 Å². The molecule has 8 heteroatoms. The average molecular weight is 365 g/mol. The lowest BCUT2D eigenvalue weighted by atomic mass is 10.0. The second-order valence-electron chi connectivity index (χ2n) is 6.42. The second kappa shape index (κ2) is 6.31. The minimum Gasteiger partial charge on any atom is -0.508 e. The molecule has 4 rings (SSSR count). The second-order valence-corrected chi connectivity index (χ2v) is 6.42. The molecule has 0 aliphatic rings. The fourth-order valence-electron chi connectivity index (χ4n) is 2.99. The van der Waals surface area contributed by atoms with Crippen LogP contribution in [-0.2, 0) is 0 Å². The highest BCUT2D eigenvalue weighted by Gasteiger charge is 2.20. The van der Waals surface area contributed by atoms with Crippen LogP contribution in [0.3, 0.4) is 0 Å². The lowest BCUT2D eigenvalue weighted by Gasteiger charge is -2.10. The van der Waals surface area contributed by atoms with Crippen molar-refractivity contribution >= 4 is 5.52 Å². The molecule has 0 aliphatic carbocycles. The van der Waals surface area contributed by atoms with Crippen LogP contribution in [0.15, 0.2) is 53.7 Å². The summed E-state index contributed by atoms with van der Waals surface area (Å²) in [6.45, 7) is 3.72. The zero-order valence-corrected chi connectivity index (χ0v) is 14.7. The first-order chi connectivity index (χ1) is 12.9. The molecule has 4 aromatic rings. The van der Waals surface area contributed by atoms with Gasteiger partial charge in [-0.1, -0.05) is 0 Å². The third-order valence-corrected chi connectivity index (χ3v) is 4.16. The number of phenolic OH excluding ortho intramolecular Hbond substituents is 1. The molecule has 7 nitrogen and oxygen atoms in total. The molecule has 0 spiro atoms. The van der Waals surface area contributed by atoms with E-state index in [1.165, 1.54) is 22.9 Å². The molecule has 0 bridgehead atoms. The highest BCUT2D eigenvalue weighted by molar-refractivity contribution is 5.90. The predicted octanol–water partition coefficient (Wildman–Crippen LogP) is 3.05. The quantitative estimate of drug-likeness (QED) is 0.603. The maximum Gasteiger partial charge on any atom is 0.267 e. The van der Waals surface area contributed by atoms with E-state index < -0.39 is 5.82 Å². The Morgan fingerprint density at radius 1 is 1.15 bits per heavy atom. The molecule has 3 heterocycles. The zero-order valence-electron chi connectivity index (χ0n) is 14.7. The molecule has 0 amide bonds. The number of hydrogen-bond acceptors (Lipinski definition) is 5. The van der Waals surface area contributed by atoms with E-state index in [0.717, 1.165) is 6.07 Å². The fourth-order valence-corrected chi connectivity index (χ4v) is 2.99. The van der Waals surface area contributed by atoms with E-state index in [4.69, 9.17) is 0 Å². The number of halogens is 1. The Morgan fingerprint density at radius 3 is 2.70 bits per heavy atom. The molecular weight excluding hydrogens is 349 g/mol. The number of aromatic hydroxyl groups is 1. The molecule has 0 radical (unpaired) electrons. The number of nitrogens with zero attached hydrogens (tertiary/aromatic N) is 5. The van der Waals surface area contributed by atoms with E-state index in [0.29, 0.717) is 28.0 Å². The van der Waals surface area contributed by atoms with Crippen molar-refractivity contribution in [1.82, 2.24) is 24.4 Å². The Labute approximate surface area is 153 Å². The molecule has 136 valence electrons. The van der Waals surface area contributed by atoms with Crippen LogP contribution in [0, 0.1) is 5.82 Å². The summed E-state index contributed by atoms with van der Waals surface area (Å²) in [6.07, 6.45) is 4.87. The molecule has 0 aliphatic heterocycles. The summed E-state index contributed by atoms with van der Waals surface area (Å²) in [5, 5.41) is 18.8. The lowest BCUT2D eigenvalue weighted by Crippen LogP contribution is -2.23. The first kappa shape index (κ1) is 16.9. The van der Waals surface area contributed by atoms with Gasteiger partial charge in [0.1, 0.15) is 17.3 Å². The van der Waals surface area contributed by atoms with Gasteiger partial charge < -0.3 is 5.11 Å². The van der Waals surface area contributed by atoms with Crippen molar-refractivity contribution in [3.8, 4) is 28.3 Å². The molecule has 0 atom stereocenters. The zero-order chi connectivity index (χ0) is 19.1. The van der Waals surface area contributed by atoms with Crippen molar-refractivity contribution < 1.29 is 9.50 Å². The van der Waals surface area contributed by atoms with E-state index in [9.17, 15) is 14.3 Å². The van der Waals surface area contributed by atoms with Crippen LogP contribution in [0.1, 0.15) is 19.9 Å². The van der Waals surface area contributed by atoms with Crippen molar-refractivity contribution in [2.24, 2.45) is 0 Å². The molecule has 0 unspecified atom stereocenters. The van der Waals surface area contributed by atoms with E-state index >= 15 is 0 Å². The third kappa shape index (κ3) is 2.95. The topological polar surface area (TPSA) is 85.3 Å². The molecule has 1 N–H and O–H groups in total.